The van der Waals surface area contributed by atoms with Gasteiger partial charge in [-0.3, -0.25) is 0 Å². The van der Waals surface area contributed by atoms with E-state index in [1.165, 1.54) is 0 Å². The monoisotopic (exact) mass is 211 g/mol. The molecule has 1 rings (SSSR count). The lowest BCUT2D eigenvalue weighted by molar-refractivity contribution is -0.0155. The molecule has 84 valence electrons. The van der Waals surface area contributed by atoms with E-state index in [-0.39, 0.29) is 0 Å². The summed E-state index contributed by atoms with van der Waals surface area (Å²) in [6.45, 7) is 3.21. The molecule has 0 heterocycles. The maximum absolute atomic E-state index is 9.73. The molecule has 0 spiro atoms. The second-order valence-electron chi connectivity index (χ2n) is 3.69. The van der Waals surface area contributed by atoms with Crippen LogP contribution in [-0.2, 0) is 0 Å². The van der Waals surface area contributed by atoms with Crippen molar-refractivity contribution in [3.63, 3.8) is 0 Å². The van der Waals surface area contributed by atoms with Crippen molar-refractivity contribution < 1.29 is 15.3 Å². The number of aliphatic hydroxyl groups is 3. The van der Waals surface area contributed by atoms with Crippen molar-refractivity contribution >= 4 is 5.69 Å². The number of aliphatic hydroxyl groups excluding tert-OH is 3. The van der Waals surface area contributed by atoms with Crippen molar-refractivity contribution in [2.24, 2.45) is 0 Å². The van der Waals surface area contributed by atoms with E-state index < -0.39 is 18.8 Å². The first-order chi connectivity index (χ1) is 6.99. The first-order valence-corrected chi connectivity index (χ1v) is 4.81. The number of nitrogen functional groups attached to an aromatic ring is 1. The van der Waals surface area contributed by atoms with E-state index in [4.69, 9.17) is 10.8 Å². The molecule has 1 aromatic rings. The highest BCUT2D eigenvalue weighted by Crippen LogP contribution is 2.26. The molecule has 2 atom stereocenters. The Balaban J connectivity index is 3.10. The third-order valence-corrected chi connectivity index (χ3v) is 2.74. The molecule has 2 unspecified atom stereocenters. The highest BCUT2D eigenvalue weighted by Gasteiger charge is 2.20. The van der Waals surface area contributed by atoms with E-state index in [0.29, 0.717) is 11.3 Å². The van der Waals surface area contributed by atoms with E-state index in [9.17, 15) is 10.2 Å². The third kappa shape index (κ3) is 2.28. The fraction of sp³-hybridized carbons (Fsp3) is 0.455. The average Bonchev–Trinajstić information content (AvgIpc) is 2.24. The lowest BCUT2D eigenvalue weighted by Crippen LogP contribution is -2.23. The molecule has 5 N–H and O–H groups in total. The SMILES string of the molecule is Cc1c(N)ccc(C(O)C(O)CO)c1C. The lowest BCUT2D eigenvalue weighted by Gasteiger charge is -2.19. The van der Waals surface area contributed by atoms with Crippen LogP contribution in [0.5, 0.6) is 0 Å². The number of hydrogen-bond donors (Lipinski definition) is 4. The fourth-order valence-electron chi connectivity index (χ4n) is 1.49. The molecule has 0 radical (unpaired) electrons. The van der Waals surface area contributed by atoms with Crippen LogP contribution in [0.15, 0.2) is 12.1 Å². The number of nitrogens with two attached hydrogens (primary N) is 1. The van der Waals surface area contributed by atoms with Crippen LogP contribution >= 0.6 is 0 Å². The Morgan fingerprint density at radius 1 is 1.20 bits per heavy atom. The highest BCUT2D eigenvalue weighted by atomic mass is 16.4. The van der Waals surface area contributed by atoms with Crippen molar-refractivity contribution in [2.75, 3.05) is 12.3 Å². The maximum Gasteiger partial charge on any atom is 0.107 e. The Hall–Kier alpha value is -1.10. The van der Waals surface area contributed by atoms with Gasteiger partial charge < -0.3 is 21.1 Å². The Kier molecular flexibility index (Phi) is 3.68. The van der Waals surface area contributed by atoms with Crippen molar-refractivity contribution in [3.05, 3.63) is 28.8 Å². The summed E-state index contributed by atoms with van der Waals surface area (Å²) in [5, 5.41) is 27.8. The molecule has 0 aliphatic carbocycles. The summed E-state index contributed by atoms with van der Waals surface area (Å²) in [4.78, 5) is 0. The van der Waals surface area contributed by atoms with Crippen LogP contribution in [0.25, 0.3) is 0 Å². The summed E-state index contributed by atoms with van der Waals surface area (Å²) in [6, 6.07) is 3.35. The Morgan fingerprint density at radius 3 is 2.33 bits per heavy atom. The zero-order chi connectivity index (χ0) is 11.6. The van der Waals surface area contributed by atoms with Gasteiger partial charge in [0.2, 0.25) is 0 Å². The van der Waals surface area contributed by atoms with Gasteiger partial charge in [0.15, 0.2) is 0 Å². The van der Waals surface area contributed by atoms with Crippen molar-refractivity contribution in [2.45, 2.75) is 26.1 Å². The molecule has 4 nitrogen and oxygen atoms in total. The van der Waals surface area contributed by atoms with Gasteiger partial charge in [-0.1, -0.05) is 6.07 Å². The predicted octanol–water partition coefficient (Wildman–Crippen LogP) is 0.272. The minimum Gasteiger partial charge on any atom is -0.399 e. The summed E-state index contributed by atoms with van der Waals surface area (Å²) in [7, 11) is 0. The molecule has 0 fully saturated rings. The molecule has 1 aromatic carbocycles. The van der Waals surface area contributed by atoms with E-state index in [0.717, 1.165) is 11.1 Å². The average molecular weight is 211 g/mol. The zero-order valence-electron chi connectivity index (χ0n) is 8.94. The van der Waals surface area contributed by atoms with E-state index in [1.54, 1.807) is 12.1 Å². The second-order valence-corrected chi connectivity index (χ2v) is 3.69. The molecule has 15 heavy (non-hydrogen) atoms. The highest BCUT2D eigenvalue weighted by molar-refractivity contribution is 5.53. The number of hydrogen-bond acceptors (Lipinski definition) is 4. The minimum atomic E-state index is -1.16. The smallest absolute Gasteiger partial charge is 0.107 e. The van der Waals surface area contributed by atoms with Gasteiger partial charge in [0, 0.05) is 5.69 Å². The topological polar surface area (TPSA) is 86.7 Å². The van der Waals surface area contributed by atoms with E-state index in [1.807, 2.05) is 13.8 Å². The van der Waals surface area contributed by atoms with E-state index in [2.05, 4.69) is 0 Å². The van der Waals surface area contributed by atoms with Gasteiger partial charge in [-0.25, -0.2) is 0 Å². The molecule has 0 aromatic heterocycles. The zero-order valence-corrected chi connectivity index (χ0v) is 8.94. The largest absolute Gasteiger partial charge is 0.399 e. The van der Waals surface area contributed by atoms with Crippen LogP contribution in [0, 0.1) is 13.8 Å². The molecule has 0 bridgehead atoms. The summed E-state index contributed by atoms with van der Waals surface area (Å²) in [5.41, 5.74) is 8.69. The predicted molar refractivity (Wildman–Crippen MR) is 58.4 cm³/mol. The number of benzene rings is 1. The lowest BCUT2D eigenvalue weighted by atomic mass is 9.95. The molecule has 0 amide bonds. The third-order valence-electron chi connectivity index (χ3n) is 2.74. The quantitative estimate of drug-likeness (QED) is 0.541. The first kappa shape index (κ1) is 12.0. The molecular weight excluding hydrogens is 194 g/mol. The molecule has 0 saturated carbocycles. The standard InChI is InChI=1S/C11H17NO3/c1-6-7(2)9(12)4-3-8(6)11(15)10(14)5-13/h3-4,10-11,13-15H,5,12H2,1-2H3. The fourth-order valence-corrected chi connectivity index (χ4v) is 1.49. The van der Waals surface area contributed by atoms with Crippen molar-refractivity contribution in [3.8, 4) is 0 Å². The van der Waals surface area contributed by atoms with Crippen LogP contribution in [0.3, 0.4) is 0 Å². The summed E-state index contributed by atoms with van der Waals surface area (Å²) in [6.07, 6.45) is -2.24. The van der Waals surface area contributed by atoms with Crippen LogP contribution < -0.4 is 5.73 Å². The van der Waals surface area contributed by atoms with Crippen LogP contribution in [0.4, 0.5) is 5.69 Å². The van der Waals surface area contributed by atoms with Gasteiger partial charge >= 0.3 is 0 Å². The summed E-state index contributed by atoms with van der Waals surface area (Å²) in [5.74, 6) is 0. The number of anilines is 1. The van der Waals surface area contributed by atoms with Crippen LogP contribution in [-0.4, -0.2) is 28.0 Å². The molecular formula is C11H17NO3. The van der Waals surface area contributed by atoms with Gasteiger partial charge in [0.25, 0.3) is 0 Å². The summed E-state index contributed by atoms with van der Waals surface area (Å²) < 4.78 is 0. The molecule has 0 saturated heterocycles. The van der Waals surface area contributed by atoms with Gasteiger partial charge in [-0.15, -0.1) is 0 Å². The minimum absolute atomic E-state index is 0.468. The van der Waals surface area contributed by atoms with Crippen molar-refractivity contribution in [1.29, 1.82) is 0 Å². The van der Waals surface area contributed by atoms with Crippen LogP contribution in [0.1, 0.15) is 22.8 Å². The first-order valence-electron chi connectivity index (χ1n) is 4.81. The van der Waals surface area contributed by atoms with Gasteiger partial charge in [0.05, 0.1) is 6.61 Å². The molecule has 0 aliphatic rings. The van der Waals surface area contributed by atoms with Crippen LogP contribution in [0.2, 0.25) is 0 Å². The normalized spacial score (nSPS) is 15.0. The Labute approximate surface area is 89.0 Å². The Morgan fingerprint density at radius 2 is 1.80 bits per heavy atom. The van der Waals surface area contributed by atoms with Gasteiger partial charge in [-0.2, -0.15) is 0 Å². The number of rotatable bonds is 3. The van der Waals surface area contributed by atoms with Gasteiger partial charge in [-0.05, 0) is 36.6 Å². The molecule has 4 heteroatoms. The summed E-state index contributed by atoms with van der Waals surface area (Å²) >= 11 is 0. The van der Waals surface area contributed by atoms with E-state index >= 15 is 0 Å². The second kappa shape index (κ2) is 4.61. The Bertz CT molecular complexity index is 352. The maximum atomic E-state index is 9.73. The van der Waals surface area contributed by atoms with Gasteiger partial charge in [0.1, 0.15) is 12.2 Å². The van der Waals surface area contributed by atoms with Crippen molar-refractivity contribution in [1.82, 2.24) is 0 Å². The molecule has 0 aliphatic heterocycles.